The molecule has 1 heterocycles. The zero-order valence-electron chi connectivity index (χ0n) is 25.0. The minimum Gasteiger partial charge on any atom is -0.422 e. The van der Waals surface area contributed by atoms with Crippen LogP contribution in [0.15, 0.2) is 78.9 Å². The molecule has 0 bridgehead atoms. The molecule has 2 N–H and O–H groups in total. The van der Waals surface area contributed by atoms with E-state index in [9.17, 15) is 0 Å². The highest BCUT2D eigenvalue weighted by Gasteiger charge is 2.32. The molecule has 1 aliphatic heterocycles. The van der Waals surface area contributed by atoms with Crippen molar-refractivity contribution in [3.8, 4) is 11.5 Å². The number of fused-ring (bicyclic) bond motifs is 2. The fourth-order valence-corrected chi connectivity index (χ4v) is 6.40. The highest BCUT2D eigenvalue weighted by molar-refractivity contribution is 7.49. The van der Waals surface area contributed by atoms with Crippen LogP contribution < -0.4 is 19.5 Å². The van der Waals surface area contributed by atoms with Gasteiger partial charge in [0.25, 0.3) is 0 Å². The lowest BCUT2D eigenvalue weighted by molar-refractivity contribution is 0.453. The Hall–Kier alpha value is -3.49. The van der Waals surface area contributed by atoms with Gasteiger partial charge >= 0.3 is 8.53 Å². The Labute approximate surface area is 241 Å². The van der Waals surface area contributed by atoms with E-state index in [1.165, 1.54) is 33.4 Å². The van der Waals surface area contributed by atoms with Gasteiger partial charge < -0.3 is 14.4 Å². The average molecular weight is 553 g/mol. The van der Waals surface area contributed by atoms with Crippen LogP contribution in [0.1, 0.15) is 74.9 Å². The third-order valence-electron chi connectivity index (χ3n) is 7.13. The van der Waals surface area contributed by atoms with Crippen molar-refractivity contribution in [3.63, 3.8) is 0 Å². The maximum atomic E-state index is 6.85. The van der Waals surface area contributed by atoms with E-state index < -0.39 is 8.53 Å². The van der Waals surface area contributed by atoms with Crippen molar-refractivity contribution in [2.75, 3.05) is 10.4 Å². The molecule has 0 saturated carbocycles. The van der Waals surface area contributed by atoms with Gasteiger partial charge in [-0.05, 0) is 72.2 Å². The number of aryl methyl sites for hydroxylation is 2. The first-order valence-corrected chi connectivity index (χ1v) is 15.2. The third-order valence-corrected chi connectivity index (χ3v) is 8.27. The van der Waals surface area contributed by atoms with E-state index in [4.69, 9.17) is 9.05 Å². The van der Waals surface area contributed by atoms with E-state index in [0.29, 0.717) is 0 Å². The van der Waals surface area contributed by atoms with Gasteiger partial charge in [0.15, 0.2) is 0 Å². The predicted molar refractivity (Wildman–Crippen MR) is 171 cm³/mol. The van der Waals surface area contributed by atoms with Crippen molar-refractivity contribution in [1.29, 1.82) is 0 Å². The molecular weight excluding hydrogens is 511 g/mol. The highest BCUT2D eigenvalue weighted by atomic mass is 31.2. The van der Waals surface area contributed by atoms with Crippen LogP contribution in [0.3, 0.4) is 0 Å². The van der Waals surface area contributed by atoms with Crippen molar-refractivity contribution >= 4 is 25.6 Å². The first-order valence-electron chi connectivity index (χ1n) is 14.0. The van der Waals surface area contributed by atoms with Gasteiger partial charge in [-0.25, -0.2) is 0 Å². The summed E-state index contributed by atoms with van der Waals surface area (Å²) < 4.78 is 13.7. The molecule has 0 atom stereocenters. The fraction of sp³-hybridized carbons (Fsp3) is 0.314. The molecule has 0 spiro atoms. The van der Waals surface area contributed by atoms with Crippen LogP contribution in [0.5, 0.6) is 11.5 Å². The van der Waals surface area contributed by atoms with Crippen molar-refractivity contribution in [1.82, 2.24) is 0 Å². The molecule has 0 amide bonds. The molecule has 208 valence electrons. The Balaban J connectivity index is 1.56. The summed E-state index contributed by atoms with van der Waals surface area (Å²) in [6.07, 6.45) is 0.767. The van der Waals surface area contributed by atoms with Crippen LogP contribution in [0.2, 0.25) is 0 Å². The van der Waals surface area contributed by atoms with Gasteiger partial charge in [-0.1, -0.05) is 95.1 Å². The lowest BCUT2D eigenvalue weighted by Gasteiger charge is -2.33. The van der Waals surface area contributed by atoms with Crippen molar-refractivity contribution < 1.29 is 9.05 Å². The van der Waals surface area contributed by atoms with Crippen LogP contribution >= 0.6 is 8.53 Å². The Bertz CT molecular complexity index is 1430. The molecule has 1 aliphatic rings. The summed E-state index contributed by atoms with van der Waals surface area (Å²) in [5, 5.41) is 7.05. The molecule has 5 rings (SSSR count). The van der Waals surface area contributed by atoms with Crippen LogP contribution in [0.4, 0.5) is 17.1 Å². The van der Waals surface area contributed by atoms with Gasteiger partial charge in [0.1, 0.15) is 11.5 Å². The molecule has 4 nitrogen and oxygen atoms in total. The van der Waals surface area contributed by atoms with E-state index in [2.05, 4.69) is 126 Å². The summed E-state index contributed by atoms with van der Waals surface area (Å²) in [6, 6.07) is 27.5. The maximum Gasteiger partial charge on any atom is 0.414 e. The monoisotopic (exact) mass is 552 g/mol. The van der Waals surface area contributed by atoms with Crippen molar-refractivity contribution in [2.45, 2.75) is 72.6 Å². The third kappa shape index (κ3) is 6.29. The molecule has 40 heavy (non-hydrogen) atoms. The summed E-state index contributed by atoms with van der Waals surface area (Å²) in [4.78, 5) is 0. The van der Waals surface area contributed by atoms with Gasteiger partial charge in [0, 0.05) is 34.6 Å². The largest absolute Gasteiger partial charge is 0.422 e. The summed E-state index contributed by atoms with van der Waals surface area (Å²) in [5.74, 6) is 1.87. The summed E-state index contributed by atoms with van der Waals surface area (Å²) in [7, 11) is -1.54. The Kier molecular flexibility index (Phi) is 7.59. The minimum atomic E-state index is -1.54. The Morgan fingerprint density at radius 2 is 1.05 bits per heavy atom. The Morgan fingerprint density at radius 3 is 1.52 bits per heavy atom. The van der Waals surface area contributed by atoms with Gasteiger partial charge in [-0.15, -0.1) is 0 Å². The van der Waals surface area contributed by atoms with Gasteiger partial charge in [-0.2, -0.15) is 0 Å². The van der Waals surface area contributed by atoms with Crippen molar-refractivity contribution in [2.24, 2.45) is 0 Å². The molecular formula is C35H41N2O2P. The zero-order chi connectivity index (χ0) is 28.7. The average Bonchev–Trinajstić information content (AvgIpc) is 2.86. The second-order valence-electron chi connectivity index (χ2n) is 12.9. The lowest BCUT2D eigenvalue weighted by Crippen LogP contribution is -2.20. The number of rotatable bonds is 4. The van der Waals surface area contributed by atoms with Gasteiger partial charge in [0.2, 0.25) is 0 Å². The first kappa shape index (κ1) is 28.1. The Morgan fingerprint density at radius 1 is 0.600 bits per heavy atom. The number of hydrogen-bond donors (Lipinski definition) is 2. The zero-order valence-corrected chi connectivity index (χ0v) is 25.9. The normalized spacial score (nSPS) is 13.7. The number of anilines is 3. The molecule has 4 aromatic rings. The van der Waals surface area contributed by atoms with Crippen LogP contribution in [0, 0.1) is 13.8 Å². The molecule has 4 aromatic carbocycles. The van der Waals surface area contributed by atoms with E-state index in [1.807, 2.05) is 18.2 Å². The summed E-state index contributed by atoms with van der Waals surface area (Å²) >= 11 is 0. The van der Waals surface area contributed by atoms with Gasteiger partial charge in [0.05, 0.1) is 0 Å². The SMILES string of the molecule is Cc1cc2c(c(C(C)(C)C)c1)OP(Nc1ccc(Nc3ccccc3)cc1)Oc1c(cc(C)cc1C(C)(C)C)C2. The fourth-order valence-electron chi connectivity index (χ4n) is 5.15. The van der Waals surface area contributed by atoms with E-state index in [-0.39, 0.29) is 10.8 Å². The van der Waals surface area contributed by atoms with Crippen molar-refractivity contribution in [3.05, 3.63) is 112 Å². The standard InChI is InChI=1S/C35H41N2O2P/c1-23-18-25-22-26-19-24(2)21-31(35(6,7)8)33(26)39-40(38-32(25)30(20-23)34(3,4)5)37-29-16-14-28(15-17-29)36-27-12-10-9-11-13-27/h9-21,36-37H,22H2,1-8H3. The lowest BCUT2D eigenvalue weighted by atomic mass is 9.81. The number of hydrogen-bond acceptors (Lipinski definition) is 4. The van der Waals surface area contributed by atoms with Crippen LogP contribution in [-0.2, 0) is 17.3 Å². The molecule has 0 aliphatic carbocycles. The second-order valence-corrected chi connectivity index (χ2v) is 14.0. The second kappa shape index (κ2) is 10.8. The minimum absolute atomic E-state index is 0.0763. The summed E-state index contributed by atoms with van der Waals surface area (Å²) in [6.45, 7) is 17.8. The maximum absolute atomic E-state index is 6.85. The molecule has 0 aromatic heterocycles. The van der Waals surface area contributed by atoms with Crippen LogP contribution in [0.25, 0.3) is 0 Å². The molecule has 5 heteroatoms. The summed E-state index contributed by atoms with van der Waals surface area (Å²) in [5.41, 5.74) is 10.2. The van der Waals surface area contributed by atoms with Gasteiger partial charge in [-0.3, -0.25) is 5.09 Å². The molecule has 0 saturated heterocycles. The topological polar surface area (TPSA) is 42.5 Å². The highest BCUT2D eigenvalue weighted by Crippen LogP contribution is 2.51. The van der Waals surface area contributed by atoms with E-state index >= 15 is 0 Å². The van der Waals surface area contributed by atoms with Crippen LogP contribution in [-0.4, -0.2) is 0 Å². The number of benzene rings is 4. The predicted octanol–water partition coefficient (Wildman–Crippen LogP) is 10.3. The van der Waals surface area contributed by atoms with E-state index in [1.54, 1.807) is 0 Å². The smallest absolute Gasteiger partial charge is 0.414 e. The van der Waals surface area contributed by atoms with E-state index in [0.717, 1.165) is 35.0 Å². The number of para-hydroxylation sites is 1. The molecule has 0 radical (unpaired) electrons. The molecule has 0 fully saturated rings. The quantitative estimate of drug-likeness (QED) is 0.247. The number of nitrogens with one attached hydrogen (secondary N) is 2. The first-order chi connectivity index (χ1) is 18.9. The molecule has 0 unspecified atom stereocenters.